The summed E-state index contributed by atoms with van der Waals surface area (Å²) >= 11 is 0. The molecule has 0 amide bonds. The average Bonchev–Trinajstić information content (AvgIpc) is 2.36. The van der Waals surface area contributed by atoms with Crippen molar-refractivity contribution in [3.8, 4) is 6.07 Å². The monoisotopic (exact) mass is 232 g/mol. The Morgan fingerprint density at radius 3 is 2.59 bits per heavy atom. The molecule has 3 heteroatoms. The molecule has 0 aliphatic rings. The average molecular weight is 232 g/mol. The molecule has 0 saturated carbocycles. The van der Waals surface area contributed by atoms with E-state index in [1.807, 2.05) is 44.2 Å². The van der Waals surface area contributed by atoms with Crippen molar-refractivity contribution in [2.45, 2.75) is 25.9 Å². The highest BCUT2D eigenvalue weighted by Gasteiger charge is 2.10. The van der Waals surface area contributed by atoms with E-state index in [4.69, 9.17) is 10.00 Å². The molecule has 17 heavy (non-hydrogen) atoms. The Bertz CT molecular complexity index is 345. The van der Waals surface area contributed by atoms with Crippen molar-refractivity contribution in [1.29, 1.82) is 5.26 Å². The van der Waals surface area contributed by atoms with Gasteiger partial charge in [0.1, 0.15) is 0 Å². The molecule has 1 N–H and O–H groups in total. The molecule has 0 heterocycles. The summed E-state index contributed by atoms with van der Waals surface area (Å²) in [6.45, 7) is 6.18. The van der Waals surface area contributed by atoms with Gasteiger partial charge >= 0.3 is 0 Å². The second-order valence-electron chi connectivity index (χ2n) is 4.02. The van der Waals surface area contributed by atoms with Gasteiger partial charge in [-0.25, -0.2) is 0 Å². The van der Waals surface area contributed by atoms with E-state index >= 15 is 0 Å². The molecule has 2 unspecified atom stereocenters. The second-order valence-corrected chi connectivity index (χ2v) is 4.02. The van der Waals surface area contributed by atoms with E-state index in [2.05, 4.69) is 11.4 Å². The predicted octanol–water partition coefficient (Wildman–Crippen LogP) is 2.31. The lowest BCUT2D eigenvalue weighted by atomic mass is 10.0. The van der Waals surface area contributed by atoms with E-state index < -0.39 is 0 Å². The van der Waals surface area contributed by atoms with E-state index in [9.17, 15) is 0 Å². The van der Waals surface area contributed by atoms with E-state index in [1.165, 1.54) is 0 Å². The molecule has 0 spiro atoms. The minimum Gasteiger partial charge on any atom is -0.377 e. The molecule has 0 saturated heterocycles. The number of nitriles is 1. The summed E-state index contributed by atoms with van der Waals surface area (Å²) in [5, 5.41) is 12.4. The molecule has 1 aromatic carbocycles. The zero-order valence-corrected chi connectivity index (χ0v) is 10.5. The Kier molecular flexibility index (Phi) is 6.31. The fourth-order valence-electron chi connectivity index (χ4n) is 1.70. The maximum atomic E-state index is 9.13. The van der Waals surface area contributed by atoms with Crippen LogP contribution in [0.3, 0.4) is 0 Å². The third-order valence-electron chi connectivity index (χ3n) is 2.59. The molecule has 1 aromatic rings. The summed E-state index contributed by atoms with van der Waals surface area (Å²) in [5.41, 5.74) is 1.06. The highest BCUT2D eigenvalue weighted by atomic mass is 16.5. The van der Waals surface area contributed by atoms with E-state index in [-0.39, 0.29) is 12.0 Å². The van der Waals surface area contributed by atoms with Crippen LogP contribution in [0.2, 0.25) is 0 Å². The number of hydrogen-bond acceptors (Lipinski definition) is 3. The van der Waals surface area contributed by atoms with Crippen molar-refractivity contribution in [3.05, 3.63) is 35.9 Å². The van der Waals surface area contributed by atoms with Gasteiger partial charge in [0, 0.05) is 19.7 Å². The molecule has 2 atom stereocenters. The Hall–Kier alpha value is -1.37. The maximum absolute atomic E-state index is 9.13. The molecule has 0 fully saturated rings. The minimum absolute atomic E-state index is 0.0926. The molecule has 0 aromatic heterocycles. The van der Waals surface area contributed by atoms with Crippen molar-refractivity contribution in [3.63, 3.8) is 0 Å². The number of ether oxygens (including phenoxy) is 1. The van der Waals surface area contributed by atoms with Gasteiger partial charge in [-0.3, -0.25) is 0 Å². The second kappa shape index (κ2) is 7.83. The predicted molar refractivity (Wildman–Crippen MR) is 68.8 cm³/mol. The molecule has 3 nitrogen and oxygen atoms in total. The zero-order chi connectivity index (χ0) is 12.5. The van der Waals surface area contributed by atoms with Crippen molar-refractivity contribution < 1.29 is 4.74 Å². The Morgan fingerprint density at radius 1 is 1.29 bits per heavy atom. The van der Waals surface area contributed by atoms with Gasteiger partial charge in [-0.1, -0.05) is 30.3 Å². The van der Waals surface area contributed by atoms with Gasteiger partial charge in [-0.2, -0.15) is 5.26 Å². The van der Waals surface area contributed by atoms with Crippen LogP contribution < -0.4 is 5.32 Å². The molecule has 0 aliphatic carbocycles. The van der Waals surface area contributed by atoms with Crippen molar-refractivity contribution in [2.75, 3.05) is 19.7 Å². The first-order chi connectivity index (χ1) is 8.27. The smallest absolute Gasteiger partial charge is 0.0837 e. The van der Waals surface area contributed by atoms with Crippen LogP contribution in [0.15, 0.2) is 30.3 Å². The summed E-state index contributed by atoms with van der Waals surface area (Å²) in [5.74, 6) is -0.0926. The van der Waals surface area contributed by atoms with Crippen LogP contribution in [0.25, 0.3) is 0 Å². The SMILES string of the molecule is CCOC(C)CNCC(C#N)c1ccccc1. The highest BCUT2D eigenvalue weighted by Crippen LogP contribution is 2.12. The first kappa shape index (κ1) is 13.7. The van der Waals surface area contributed by atoms with Crippen LogP contribution >= 0.6 is 0 Å². The van der Waals surface area contributed by atoms with Gasteiger partial charge in [0.15, 0.2) is 0 Å². The van der Waals surface area contributed by atoms with Gasteiger partial charge in [-0.05, 0) is 19.4 Å². The quantitative estimate of drug-likeness (QED) is 0.784. The molecular formula is C14H20N2O. The fourth-order valence-corrected chi connectivity index (χ4v) is 1.70. The first-order valence-corrected chi connectivity index (χ1v) is 6.04. The summed E-state index contributed by atoms with van der Waals surface area (Å²) in [6.07, 6.45) is 0.190. The third kappa shape index (κ3) is 4.99. The molecule has 1 rings (SSSR count). The molecule has 0 radical (unpaired) electrons. The Balaban J connectivity index is 2.37. The first-order valence-electron chi connectivity index (χ1n) is 6.04. The van der Waals surface area contributed by atoms with Crippen molar-refractivity contribution >= 4 is 0 Å². The standard InChI is InChI=1S/C14H20N2O/c1-3-17-12(2)10-16-11-14(9-15)13-7-5-4-6-8-13/h4-8,12,14,16H,3,10-11H2,1-2H3. The van der Waals surface area contributed by atoms with Crippen LogP contribution in [0.4, 0.5) is 0 Å². The number of hydrogen-bond donors (Lipinski definition) is 1. The summed E-state index contributed by atoms with van der Waals surface area (Å²) in [6, 6.07) is 12.2. The maximum Gasteiger partial charge on any atom is 0.0837 e. The Morgan fingerprint density at radius 2 is 2.00 bits per heavy atom. The Labute approximate surface area is 103 Å². The zero-order valence-electron chi connectivity index (χ0n) is 10.5. The fraction of sp³-hybridized carbons (Fsp3) is 0.500. The molecule has 92 valence electrons. The lowest BCUT2D eigenvalue weighted by Gasteiger charge is -2.15. The van der Waals surface area contributed by atoms with Crippen LogP contribution in [-0.2, 0) is 4.74 Å². The normalized spacial score (nSPS) is 13.9. The van der Waals surface area contributed by atoms with E-state index in [0.717, 1.165) is 18.7 Å². The highest BCUT2D eigenvalue weighted by molar-refractivity contribution is 5.24. The topological polar surface area (TPSA) is 45.0 Å². The third-order valence-corrected chi connectivity index (χ3v) is 2.59. The van der Waals surface area contributed by atoms with Gasteiger partial charge in [-0.15, -0.1) is 0 Å². The lowest BCUT2D eigenvalue weighted by Crippen LogP contribution is -2.30. The van der Waals surface area contributed by atoms with Crippen LogP contribution in [0.1, 0.15) is 25.3 Å². The van der Waals surface area contributed by atoms with Gasteiger partial charge < -0.3 is 10.1 Å². The molecular weight excluding hydrogens is 212 g/mol. The van der Waals surface area contributed by atoms with Gasteiger partial charge in [0.25, 0.3) is 0 Å². The van der Waals surface area contributed by atoms with Crippen molar-refractivity contribution in [1.82, 2.24) is 5.32 Å². The van der Waals surface area contributed by atoms with Gasteiger partial charge in [0.2, 0.25) is 0 Å². The summed E-state index contributed by atoms with van der Waals surface area (Å²) in [7, 11) is 0. The van der Waals surface area contributed by atoms with Gasteiger partial charge in [0.05, 0.1) is 18.1 Å². The number of rotatable bonds is 7. The molecule has 0 aliphatic heterocycles. The lowest BCUT2D eigenvalue weighted by molar-refractivity contribution is 0.0762. The number of benzene rings is 1. The van der Waals surface area contributed by atoms with Crippen LogP contribution in [0.5, 0.6) is 0 Å². The minimum atomic E-state index is -0.0926. The van der Waals surface area contributed by atoms with E-state index in [0.29, 0.717) is 6.54 Å². The van der Waals surface area contributed by atoms with E-state index in [1.54, 1.807) is 0 Å². The van der Waals surface area contributed by atoms with Crippen LogP contribution in [-0.4, -0.2) is 25.8 Å². The number of nitrogens with one attached hydrogen (secondary N) is 1. The number of nitrogens with zero attached hydrogens (tertiary/aromatic N) is 1. The summed E-state index contributed by atoms with van der Waals surface area (Å²) < 4.78 is 5.42. The summed E-state index contributed by atoms with van der Waals surface area (Å²) in [4.78, 5) is 0. The van der Waals surface area contributed by atoms with Crippen LogP contribution in [0, 0.1) is 11.3 Å². The molecule has 0 bridgehead atoms. The van der Waals surface area contributed by atoms with Crippen molar-refractivity contribution in [2.24, 2.45) is 0 Å². The largest absolute Gasteiger partial charge is 0.377 e.